The van der Waals surface area contributed by atoms with Crippen LogP contribution in [0.15, 0.2) is 4.99 Å². The zero-order valence-corrected chi connectivity index (χ0v) is 13.9. The Hall–Kier alpha value is -1.30. The first-order valence-corrected chi connectivity index (χ1v) is 7.53. The molecule has 0 radical (unpaired) electrons. The van der Waals surface area contributed by atoms with Gasteiger partial charge in [-0.15, -0.1) is 0 Å². The van der Waals surface area contributed by atoms with E-state index in [0.717, 1.165) is 19.1 Å². The number of esters is 1. The third kappa shape index (κ3) is 8.55. The first-order valence-electron chi connectivity index (χ1n) is 7.53. The van der Waals surface area contributed by atoms with Gasteiger partial charge in [-0.2, -0.15) is 0 Å². The minimum atomic E-state index is -0.467. The van der Waals surface area contributed by atoms with Gasteiger partial charge in [-0.25, -0.2) is 0 Å². The van der Waals surface area contributed by atoms with Crippen LogP contribution in [0.2, 0.25) is 0 Å². The lowest BCUT2D eigenvalue weighted by atomic mass is 10.2. The topological polar surface area (TPSA) is 63.2 Å². The van der Waals surface area contributed by atoms with Crippen molar-refractivity contribution in [3.63, 3.8) is 0 Å². The number of carbonyl (C=O) groups is 1. The highest BCUT2D eigenvalue weighted by atomic mass is 16.6. The van der Waals surface area contributed by atoms with Gasteiger partial charge in [-0.05, 0) is 39.5 Å². The first kappa shape index (κ1) is 17.8. The molecule has 0 aromatic heterocycles. The Labute approximate surface area is 127 Å². The lowest BCUT2D eigenvalue weighted by Gasteiger charge is -2.23. The van der Waals surface area contributed by atoms with Gasteiger partial charge in [0, 0.05) is 27.2 Å². The molecule has 1 rings (SSSR count). The number of carbonyl (C=O) groups excluding carboxylic acids is 1. The summed E-state index contributed by atoms with van der Waals surface area (Å²) in [4.78, 5) is 17.8. The Balaban J connectivity index is 2.20. The van der Waals surface area contributed by atoms with Crippen LogP contribution in [-0.2, 0) is 14.3 Å². The van der Waals surface area contributed by atoms with E-state index in [2.05, 4.69) is 10.3 Å². The molecule has 6 heteroatoms. The smallest absolute Gasteiger partial charge is 0.325 e. The fourth-order valence-corrected chi connectivity index (χ4v) is 1.76. The molecule has 21 heavy (non-hydrogen) atoms. The average molecular weight is 299 g/mol. The van der Waals surface area contributed by atoms with Crippen LogP contribution in [0.1, 0.15) is 33.6 Å². The Bertz CT molecular complexity index is 360. The molecule has 0 unspecified atom stereocenters. The molecule has 0 amide bonds. The third-order valence-corrected chi connectivity index (χ3v) is 3.01. The van der Waals surface area contributed by atoms with Crippen molar-refractivity contribution in [3.05, 3.63) is 0 Å². The Morgan fingerprint density at radius 1 is 1.38 bits per heavy atom. The standard InChI is InChI=1S/C15H29N3O3/c1-15(2,3)21-13(19)10-17-14(16-4)18(5)8-9-20-11-12-6-7-12/h12H,6-11H2,1-5H3,(H,16,17). The summed E-state index contributed by atoms with van der Waals surface area (Å²) in [6.07, 6.45) is 2.60. The molecule has 0 atom stereocenters. The summed E-state index contributed by atoms with van der Waals surface area (Å²) in [5.74, 6) is 1.15. The molecule has 1 aliphatic carbocycles. The van der Waals surface area contributed by atoms with Crippen molar-refractivity contribution in [2.24, 2.45) is 10.9 Å². The second-order valence-corrected chi connectivity index (χ2v) is 6.43. The summed E-state index contributed by atoms with van der Waals surface area (Å²) in [6, 6.07) is 0. The van der Waals surface area contributed by atoms with Crippen LogP contribution < -0.4 is 5.32 Å². The van der Waals surface area contributed by atoms with Crippen molar-refractivity contribution >= 4 is 11.9 Å². The van der Waals surface area contributed by atoms with Crippen molar-refractivity contribution in [2.75, 3.05) is 40.4 Å². The monoisotopic (exact) mass is 299 g/mol. The van der Waals surface area contributed by atoms with Crippen molar-refractivity contribution in [1.29, 1.82) is 0 Å². The van der Waals surface area contributed by atoms with Gasteiger partial charge in [0.05, 0.1) is 6.61 Å². The molecule has 122 valence electrons. The molecule has 1 fully saturated rings. The van der Waals surface area contributed by atoms with E-state index in [1.165, 1.54) is 12.8 Å². The predicted octanol–water partition coefficient (Wildman–Crippen LogP) is 1.26. The zero-order valence-electron chi connectivity index (χ0n) is 13.9. The summed E-state index contributed by atoms with van der Waals surface area (Å²) >= 11 is 0. The predicted molar refractivity (Wildman–Crippen MR) is 83.4 cm³/mol. The number of hydrogen-bond acceptors (Lipinski definition) is 4. The number of nitrogens with one attached hydrogen (secondary N) is 1. The first-order chi connectivity index (χ1) is 9.81. The summed E-state index contributed by atoms with van der Waals surface area (Å²) in [7, 11) is 3.61. The number of aliphatic imine (C=N–C) groups is 1. The van der Waals surface area contributed by atoms with Crippen LogP contribution in [-0.4, -0.2) is 62.8 Å². The maximum absolute atomic E-state index is 11.7. The summed E-state index contributed by atoms with van der Waals surface area (Å²) in [6.45, 7) is 7.92. The van der Waals surface area contributed by atoms with Gasteiger partial charge in [-0.3, -0.25) is 9.79 Å². The average Bonchev–Trinajstić information content (AvgIpc) is 3.17. The molecule has 0 aromatic carbocycles. The Kier molecular flexibility index (Phi) is 6.95. The molecule has 0 heterocycles. The molecular weight excluding hydrogens is 270 g/mol. The number of ether oxygens (including phenoxy) is 2. The van der Waals surface area contributed by atoms with Crippen LogP contribution >= 0.6 is 0 Å². The maximum Gasteiger partial charge on any atom is 0.325 e. The minimum absolute atomic E-state index is 0.108. The van der Waals surface area contributed by atoms with E-state index in [1.54, 1.807) is 7.05 Å². The highest BCUT2D eigenvalue weighted by Crippen LogP contribution is 2.28. The van der Waals surface area contributed by atoms with Crippen molar-refractivity contribution in [1.82, 2.24) is 10.2 Å². The molecule has 0 saturated heterocycles. The molecule has 1 N–H and O–H groups in total. The molecule has 1 saturated carbocycles. The number of likely N-dealkylation sites (N-methyl/N-ethyl adjacent to an activating group) is 1. The normalized spacial score (nSPS) is 15.8. The zero-order chi connectivity index (χ0) is 15.9. The maximum atomic E-state index is 11.7. The van der Waals surface area contributed by atoms with Crippen molar-refractivity contribution in [3.8, 4) is 0 Å². The van der Waals surface area contributed by atoms with Gasteiger partial charge < -0.3 is 19.7 Å². The van der Waals surface area contributed by atoms with Crippen LogP contribution in [0.4, 0.5) is 0 Å². The van der Waals surface area contributed by atoms with Gasteiger partial charge in [0.25, 0.3) is 0 Å². The Morgan fingerprint density at radius 3 is 2.57 bits per heavy atom. The van der Waals surface area contributed by atoms with Gasteiger partial charge in [0.15, 0.2) is 5.96 Å². The number of hydrogen-bond donors (Lipinski definition) is 1. The summed E-state index contributed by atoms with van der Waals surface area (Å²) < 4.78 is 10.8. The molecule has 0 aromatic rings. The van der Waals surface area contributed by atoms with E-state index in [1.807, 2.05) is 32.7 Å². The van der Waals surface area contributed by atoms with Gasteiger partial charge in [0.2, 0.25) is 0 Å². The molecule has 6 nitrogen and oxygen atoms in total. The SMILES string of the molecule is CN=C(NCC(=O)OC(C)(C)C)N(C)CCOCC1CC1. The van der Waals surface area contributed by atoms with Crippen molar-refractivity contribution < 1.29 is 14.3 Å². The van der Waals surface area contributed by atoms with E-state index >= 15 is 0 Å². The summed E-state index contributed by atoms with van der Waals surface area (Å²) in [5.41, 5.74) is -0.467. The minimum Gasteiger partial charge on any atom is -0.459 e. The van der Waals surface area contributed by atoms with E-state index in [0.29, 0.717) is 12.6 Å². The second kappa shape index (κ2) is 8.22. The highest BCUT2D eigenvalue weighted by Gasteiger charge is 2.21. The molecule has 1 aliphatic rings. The lowest BCUT2D eigenvalue weighted by molar-refractivity contribution is -0.153. The van der Waals surface area contributed by atoms with E-state index in [4.69, 9.17) is 9.47 Å². The largest absolute Gasteiger partial charge is 0.459 e. The highest BCUT2D eigenvalue weighted by molar-refractivity contribution is 5.84. The van der Waals surface area contributed by atoms with E-state index in [-0.39, 0.29) is 12.5 Å². The fraction of sp³-hybridized carbons (Fsp3) is 0.867. The second-order valence-electron chi connectivity index (χ2n) is 6.43. The van der Waals surface area contributed by atoms with E-state index < -0.39 is 5.60 Å². The lowest BCUT2D eigenvalue weighted by Crippen LogP contribution is -2.43. The van der Waals surface area contributed by atoms with Gasteiger partial charge in [0.1, 0.15) is 12.1 Å². The third-order valence-electron chi connectivity index (χ3n) is 3.01. The molecular formula is C15H29N3O3. The quantitative estimate of drug-likeness (QED) is 0.332. The van der Waals surface area contributed by atoms with Crippen molar-refractivity contribution in [2.45, 2.75) is 39.2 Å². The molecule has 0 spiro atoms. The van der Waals surface area contributed by atoms with E-state index in [9.17, 15) is 4.79 Å². The van der Waals surface area contributed by atoms with Crippen LogP contribution in [0, 0.1) is 5.92 Å². The Morgan fingerprint density at radius 2 is 2.05 bits per heavy atom. The van der Waals surface area contributed by atoms with Crippen LogP contribution in [0.25, 0.3) is 0 Å². The summed E-state index contributed by atoms with van der Waals surface area (Å²) in [5, 5.41) is 3.00. The number of rotatable bonds is 7. The van der Waals surface area contributed by atoms with Crippen LogP contribution in [0.5, 0.6) is 0 Å². The molecule has 0 bridgehead atoms. The number of nitrogens with zero attached hydrogens (tertiary/aromatic N) is 2. The van der Waals surface area contributed by atoms with Gasteiger partial charge in [-0.1, -0.05) is 0 Å². The number of guanidine groups is 1. The van der Waals surface area contributed by atoms with Gasteiger partial charge >= 0.3 is 5.97 Å². The molecule has 0 aliphatic heterocycles. The fourth-order valence-electron chi connectivity index (χ4n) is 1.76. The van der Waals surface area contributed by atoms with Crippen LogP contribution in [0.3, 0.4) is 0 Å².